The van der Waals surface area contributed by atoms with E-state index >= 15 is 0 Å². The number of aliphatic hydroxyl groups excluding tert-OH is 1. The van der Waals surface area contributed by atoms with Gasteiger partial charge in [-0.2, -0.15) is 5.10 Å². The number of aryl methyl sites for hydroxylation is 2. The first kappa shape index (κ1) is 24.0. The standard InChI is InChI=1S/C26H35N3O3/c1-19(2)24(30)18-29(14-15-31-5)17-23-25(21-11-7-6-8-12-21)27-28(4)26(23)32-22-13-9-10-20(3)16-22/h6-13,16,19,24,30H,14-15,17-18H2,1-5H3. The lowest BCUT2D eigenvalue weighted by molar-refractivity contribution is 0.0589. The second kappa shape index (κ2) is 11.3. The van der Waals surface area contributed by atoms with Gasteiger partial charge in [0.15, 0.2) is 0 Å². The van der Waals surface area contributed by atoms with Gasteiger partial charge in [0.25, 0.3) is 0 Å². The van der Waals surface area contributed by atoms with Crippen LogP contribution in [0.2, 0.25) is 0 Å². The van der Waals surface area contributed by atoms with Gasteiger partial charge < -0.3 is 14.6 Å². The van der Waals surface area contributed by atoms with E-state index in [2.05, 4.69) is 17.0 Å². The number of methoxy groups -OCH3 is 1. The van der Waals surface area contributed by atoms with Crippen molar-refractivity contribution >= 4 is 0 Å². The van der Waals surface area contributed by atoms with Gasteiger partial charge in [0, 0.05) is 39.4 Å². The fourth-order valence-electron chi connectivity index (χ4n) is 3.60. The third-order valence-corrected chi connectivity index (χ3v) is 5.55. The molecular weight excluding hydrogens is 402 g/mol. The molecule has 0 saturated heterocycles. The minimum absolute atomic E-state index is 0.172. The van der Waals surface area contributed by atoms with Crippen LogP contribution in [0.15, 0.2) is 54.6 Å². The molecule has 3 rings (SSSR count). The summed E-state index contributed by atoms with van der Waals surface area (Å²) in [6, 6.07) is 18.2. The van der Waals surface area contributed by atoms with E-state index in [1.54, 1.807) is 11.8 Å². The topological polar surface area (TPSA) is 59.8 Å². The smallest absolute Gasteiger partial charge is 0.222 e. The maximum atomic E-state index is 10.6. The zero-order valence-corrected chi connectivity index (χ0v) is 19.8. The van der Waals surface area contributed by atoms with E-state index in [1.807, 2.05) is 70.3 Å². The van der Waals surface area contributed by atoms with Crippen LogP contribution in [0.25, 0.3) is 11.3 Å². The molecule has 0 spiro atoms. The largest absolute Gasteiger partial charge is 0.439 e. The first-order chi connectivity index (χ1) is 15.4. The van der Waals surface area contributed by atoms with Crippen LogP contribution in [-0.4, -0.2) is 52.7 Å². The maximum Gasteiger partial charge on any atom is 0.222 e. The molecule has 0 bridgehead atoms. The van der Waals surface area contributed by atoms with Crippen LogP contribution in [0.1, 0.15) is 25.0 Å². The Hall–Kier alpha value is -2.67. The third-order valence-electron chi connectivity index (χ3n) is 5.55. The Balaban J connectivity index is 2.01. The highest BCUT2D eigenvalue weighted by atomic mass is 16.5. The average molecular weight is 438 g/mol. The van der Waals surface area contributed by atoms with Crippen molar-refractivity contribution in [2.75, 3.05) is 26.8 Å². The Labute approximate surface area is 191 Å². The summed E-state index contributed by atoms with van der Waals surface area (Å²) in [5.74, 6) is 1.65. The SMILES string of the molecule is COCCN(Cc1c(-c2ccccc2)nn(C)c1Oc1cccc(C)c1)CC(O)C(C)C. The van der Waals surface area contributed by atoms with Gasteiger partial charge in [0.05, 0.1) is 18.3 Å². The van der Waals surface area contributed by atoms with Crippen molar-refractivity contribution in [2.24, 2.45) is 13.0 Å². The number of rotatable bonds is 11. The van der Waals surface area contributed by atoms with Crippen molar-refractivity contribution in [3.8, 4) is 22.9 Å². The van der Waals surface area contributed by atoms with Gasteiger partial charge in [0.2, 0.25) is 5.88 Å². The van der Waals surface area contributed by atoms with Crippen molar-refractivity contribution in [2.45, 2.75) is 33.4 Å². The predicted octanol–water partition coefficient (Wildman–Crippen LogP) is 4.65. The Bertz CT molecular complexity index is 985. The molecule has 0 aliphatic carbocycles. The first-order valence-corrected chi connectivity index (χ1v) is 11.1. The highest BCUT2D eigenvalue weighted by molar-refractivity contribution is 5.65. The molecule has 1 N–H and O–H groups in total. The molecule has 0 fully saturated rings. The number of hydrogen-bond acceptors (Lipinski definition) is 5. The molecule has 32 heavy (non-hydrogen) atoms. The Morgan fingerprint density at radius 3 is 2.50 bits per heavy atom. The fraction of sp³-hybridized carbons (Fsp3) is 0.423. The molecule has 6 nitrogen and oxygen atoms in total. The predicted molar refractivity (Wildman–Crippen MR) is 128 cm³/mol. The number of aromatic nitrogens is 2. The normalized spacial score (nSPS) is 12.5. The summed E-state index contributed by atoms with van der Waals surface area (Å²) < 4.78 is 13.5. The van der Waals surface area contributed by atoms with E-state index in [1.165, 1.54) is 0 Å². The zero-order valence-electron chi connectivity index (χ0n) is 19.8. The summed E-state index contributed by atoms with van der Waals surface area (Å²) in [5.41, 5.74) is 4.05. The molecule has 0 radical (unpaired) electrons. The quantitative estimate of drug-likeness (QED) is 0.473. The number of ether oxygens (including phenoxy) is 2. The molecule has 0 aliphatic heterocycles. The highest BCUT2D eigenvalue weighted by Crippen LogP contribution is 2.34. The van der Waals surface area contributed by atoms with Gasteiger partial charge in [-0.1, -0.05) is 56.3 Å². The molecule has 1 unspecified atom stereocenters. The number of aliphatic hydroxyl groups is 1. The van der Waals surface area contributed by atoms with Crippen LogP contribution in [0.5, 0.6) is 11.6 Å². The molecule has 3 aromatic rings. The van der Waals surface area contributed by atoms with Crippen LogP contribution >= 0.6 is 0 Å². The van der Waals surface area contributed by atoms with Gasteiger partial charge in [-0.15, -0.1) is 0 Å². The minimum Gasteiger partial charge on any atom is -0.439 e. The van der Waals surface area contributed by atoms with Crippen molar-refractivity contribution in [3.05, 3.63) is 65.7 Å². The first-order valence-electron chi connectivity index (χ1n) is 11.1. The summed E-state index contributed by atoms with van der Waals surface area (Å²) in [5, 5.41) is 15.4. The molecule has 0 saturated carbocycles. The lowest BCUT2D eigenvalue weighted by atomic mass is 10.1. The second-order valence-corrected chi connectivity index (χ2v) is 8.58. The number of nitrogens with zero attached hydrogens (tertiary/aromatic N) is 3. The molecule has 1 atom stereocenters. The maximum absolute atomic E-state index is 10.6. The van der Waals surface area contributed by atoms with Crippen LogP contribution in [0.4, 0.5) is 0 Å². The summed E-state index contributed by atoms with van der Waals surface area (Å²) in [6.07, 6.45) is -0.426. The van der Waals surface area contributed by atoms with Crippen LogP contribution < -0.4 is 4.74 Å². The Morgan fingerprint density at radius 1 is 1.09 bits per heavy atom. The highest BCUT2D eigenvalue weighted by Gasteiger charge is 2.24. The summed E-state index contributed by atoms with van der Waals surface area (Å²) in [7, 11) is 3.60. The summed E-state index contributed by atoms with van der Waals surface area (Å²) in [4.78, 5) is 2.21. The molecule has 0 amide bonds. The monoisotopic (exact) mass is 437 g/mol. The summed E-state index contributed by atoms with van der Waals surface area (Å²) >= 11 is 0. The molecule has 1 heterocycles. The Morgan fingerprint density at radius 2 is 1.84 bits per heavy atom. The molecule has 172 valence electrons. The van der Waals surface area contributed by atoms with Crippen LogP contribution in [0, 0.1) is 12.8 Å². The van der Waals surface area contributed by atoms with Gasteiger partial charge in [-0.05, 0) is 30.5 Å². The lowest BCUT2D eigenvalue weighted by Gasteiger charge is -2.27. The molecule has 6 heteroatoms. The van der Waals surface area contributed by atoms with E-state index in [-0.39, 0.29) is 5.92 Å². The van der Waals surface area contributed by atoms with E-state index in [0.29, 0.717) is 32.1 Å². The van der Waals surface area contributed by atoms with Crippen molar-refractivity contribution in [3.63, 3.8) is 0 Å². The van der Waals surface area contributed by atoms with Crippen LogP contribution in [-0.2, 0) is 18.3 Å². The van der Waals surface area contributed by atoms with E-state index in [4.69, 9.17) is 14.6 Å². The zero-order chi connectivity index (χ0) is 23.1. The second-order valence-electron chi connectivity index (χ2n) is 8.58. The van der Waals surface area contributed by atoms with Gasteiger partial charge in [0.1, 0.15) is 11.4 Å². The molecule has 2 aromatic carbocycles. The fourth-order valence-corrected chi connectivity index (χ4v) is 3.60. The molecule has 1 aromatic heterocycles. The van der Waals surface area contributed by atoms with Crippen molar-refractivity contribution in [1.29, 1.82) is 0 Å². The summed E-state index contributed by atoms with van der Waals surface area (Å²) in [6.45, 7) is 8.54. The Kier molecular flexibility index (Phi) is 8.45. The molecule has 0 aliphatic rings. The van der Waals surface area contributed by atoms with Gasteiger partial charge in [-0.25, -0.2) is 4.68 Å². The van der Waals surface area contributed by atoms with Crippen LogP contribution in [0.3, 0.4) is 0 Å². The minimum atomic E-state index is -0.426. The van der Waals surface area contributed by atoms with Crippen molar-refractivity contribution in [1.82, 2.24) is 14.7 Å². The van der Waals surface area contributed by atoms with Crippen molar-refractivity contribution < 1.29 is 14.6 Å². The number of hydrogen-bond donors (Lipinski definition) is 1. The third kappa shape index (κ3) is 6.19. The van der Waals surface area contributed by atoms with E-state index < -0.39 is 6.10 Å². The van der Waals surface area contributed by atoms with E-state index in [0.717, 1.165) is 28.1 Å². The van der Waals surface area contributed by atoms with Gasteiger partial charge >= 0.3 is 0 Å². The molecular formula is C26H35N3O3. The lowest BCUT2D eigenvalue weighted by Crippen LogP contribution is -2.36. The average Bonchev–Trinajstić information content (AvgIpc) is 3.07. The van der Waals surface area contributed by atoms with E-state index in [9.17, 15) is 5.11 Å². The van der Waals surface area contributed by atoms with Gasteiger partial charge in [-0.3, -0.25) is 4.90 Å². The number of benzene rings is 2.